The maximum atomic E-state index is 10.2. The van der Waals surface area contributed by atoms with E-state index < -0.39 is 0 Å². The van der Waals surface area contributed by atoms with Gasteiger partial charge in [0.15, 0.2) is 0 Å². The van der Waals surface area contributed by atoms with Crippen molar-refractivity contribution in [3.05, 3.63) is 29.8 Å². The Hall–Kier alpha value is -1.06. The Morgan fingerprint density at radius 1 is 1.37 bits per heavy atom. The van der Waals surface area contributed by atoms with Gasteiger partial charge in [-0.05, 0) is 31.7 Å². The molecule has 0 spiro atoms. The number of aliphatic hydroxyl groups is 1. The highest BCUT2D eigenvalue weighted by Crippen LogP contribution is 2.36. The van der Waals surface area contributed by atoms with E-state index in [1.54, 1.807) is 0 Å². The van der Waals surface area contributed by atoms with Gasteiger partial charge in [-0.3, -0.25) is 0 Å². The number of benzene rings is 1. The minimum Gasteiger partial charge on any atom is -0.388 e. The number of ether oxygens (including phenoxy) is 1. The van der Waals surface area contributed by atoms with Gasteiger partial charge in [-0.15, -0.1) is 0 Å². The van der Waals surface area contributed by atoms with E-state index in [0.717, 1.165) is 25.1 Å². The van der Waals surface area contributed by atoms with Gasteiger partial charge in [-0.25, -0.2) is 0 Å². The Morgan fingerprint density at radius 2 is 2.21 bits per heavy atom. The molecule has 1 aliphatic heterocycles. The summed E-state index contributed by atoms with van der Waals surface area (Å²) in [5, 5.41) is 10.2. The molecule has 19 heavy (non-hydrogen) atoms. The minimum absolute atomic E-state index is 0.362. The lowest BCUT2D eigenvalue weighted by molar-refractivity contribution is 0.0253. The summed E-state index contributed by atoms with van der Waals surface area (Å²) >= 11 is 0. The Morgan fingerprint density at radius 3 is 3.05 bits per heavy atom. The average molecular weight is 261 g/mol. The van der Waals surface area contributed by atoms with E-state index in [-0.39, 0.29) is 6.10 Å². The summed E-state index contributed by atoms with van der Waals surface area (Å²) in [6, 6.07) is 8.79. The van der Waals surface area contributed by atoms with Crippen LogP contribution in [0.4, 0.5) is 5.69 Å². The van der Waals surface area contributed by atoms with Gasteiger partial charge in [0.25, 0.3) is 0 Å². The van der Waals surface area contributed by atoms with Gasteiger partial charge in [0, 0.05) is 17.8 Å². The molecule has 1 heterocycles. The number of morpholine rings is 1. The number of para-hydroxylation sites is 1. The van der Waals surface area contributed by atoms with Gasteiger partial charge in [0.2, 0.25) is 0 Å². The van der Waals surface area contributed by atoms with E-state index in [4.69, 9.17) is 4.74 Å². The molecule has 3 atom stereocenters. The molecule has 0 aromatic heterocycles. The Balaban J connectivity index is 1.92. The Labute approximate surface area is 115 Å². The number of nitrogens with zero attached hydrogens (tertiary/aromatic N) is 1. The zero-order chi connectivity index (χ0) is 13.2. The van der Waals surface area contributed by atoms with E-state index in [2.05, 4.69) is 23.1 Å². The summed E-state index contributed by atoms with van der Waals surface area (Å²) < 4.78 is 5.88. The zero-order valence-corrected chi connectivity index (χ0v) is 11.6. The molecule has 2 aliphatic rings. The molecular formula is C16H23NO2. The maximum Gasteiger partial charge on any atom is 0.0807 e. The molecule has 3 rings (SSSR count). The van der Waals surface area contributed by atoms with Crippen LogP contribution in [-0.4, -0.2) is 30.4 Å². The molecule has 2 unspecified atom stereocenters. The maximum absolute atomic E-state index is 10.2. The van der Waals surface area contributed by atoms with Crippen molar-refractivity contribution in [2.24, 2.45) is 0 Å². The monoisotopic (exact) mass is 261 g/mol. The quantitative estimate of drug-likeness (QED) is 0.908. The molecule has 1 aromatic carbocycles. The molecule has 3 heteroatoms. The molecule has 0 amide bonds. The number of hydrogen-bond acceptors (Lipinski definition) is 3. The smallest absolute Gasteiger partial charge is 0.0807 e. The van der Waals surface area contributed by atoms with E-state index in [1.165, 1.54) is 24.9 Å². The van der Waals surface area contributed by atoms with Gasteiger partial charge in [-0.2, -0.15) is 0 Å². The molecule has 2 fully saturated rings. The summed E-state index contributed by atoms with van der Waals surface area (Å²) in [5.41, 5.74) is 2.27. The average Bonchev–Trinajstić information content (AvgIpc) is 2.94. The lowest BCUT2D eigenvalue weighted by Gasteiger charge is -2.40. The Bertz CT molecular complexity index is 435. The van der Waals surface area contributed by atoms with E-state index in [1.807, 2.05) is 13.0 Å². The van der Waals surface area contributed by atoms with Crippen molar-refractivity contribution in [2.45, 2.75) is 50.9 Å². The van der Waals surface area contributed by atoms with Gasteiger partial charge >= 0.3 is 0 Å². The second-order valence-corrected chi connectivity index (χ2v) is 5.58. The van der Waals surface area contributed by atoms with Gasteiger partial charge in [0.05, 0.1) is 24.9 Å². The van der Waals surface area contributed by atoms with Crippen molar-refractivity contribution in [3.8, 4) is 0 Å². The van der Waals surface area contributed by atoms with Crippen LogP contribution < -0.4 is 4.90 Å². The summed E-state index contributed by atoms with van der Waals surface area (Å²) in [4.78, 5) is 2.47. The van der Waals surface area contributed by atoms with Crippen molar-refractivity contribution in [1.29, 1.82) is 0 Å². The van der Waals surface area contributed by atoms with Crippen molar-refractivity contribution >= 4 is 5.69 Å². The fourth-order valence-electron chi connectivity index (χ4n) is 3.48. The Kier molecular flexibility index (Phi) is 3.76. The molecule has 1 saturated heterocycles. The fourth-order valence-corrected chi connectivity index (χ4v) is 3.48. The van der Waals surface area contributed by atoms with Crippen molar-refractivity contribution in [3.63, 3.8) is 0 Å². The van der Waals surface area contributed by atoms with Crippen molar-refractivity contribution in [1.82, 2.24) is 0 Å². The largest absolute Gasteiger partial charge is 0.388 e. The van der Waals surface area contributed by atoms with Crippen LogP contribution in [0, 0.1) is 0 Å². The number of rotatable bonds is 3. The lowest BCUT2D eigenvalue weighted by Crippen LogP contribution is -2.49. The van der Waals surface area contributed by atoms with Gasteiger partial charge in [0.1, 0.15) is 0 Å². The molecule has 1 saturated carbocycles. The van der Waals surface area contributed by atoms with Crippen LogP contribution in [0.3, 0.4) is 0 Å². The standard InChI is InChI=1S/C16H23NO2/c1-2-15(18)12-6-3-4-7-13(12)17-10-11-19-16-9-5-8-14(16)17/h3-4,6-7,14-16,18H,2,5,8-11H2,1H3/t14?,15-,16?/m0/s1. The second-order valence-electron chi connectivity index (χ2n) is 5.58. The highest BCUT2D eigenvalue weighted by molar-refractivity contribution is 5.56. The SMILES string of the molecule is CC[C@H](O)c1ccccc1N1CCOC2CCCC21. The topological polar surface area (TPSA) is 32.7 Å². The fraction of sp³-hybridized carbons (Fsp3) is 0.625. The van der Waals surface area contributed by atoms with Crippen molar-refractivity contribution < 1.29 is 9.84 Å². The van der Waals surface area contributed by atoms with Crippen molar-refractivity contribution in [2.75, 3.05) is 18.1 Å². The molecule has 0 radical (unpaired) electrons. The summed E-state index contributed by atoms with van der Waals surface area (Å²) in [7, 11) is 0. The van der Waals surface area contributed by atoms with Crippen LogP contribution in [-0.2, 0) is 4.74 Å². The van der Waals surface area contributed by atoms with Crippen LogP contribution in [0.5, 0.6) is 0 Å². The number of hydrogen-bond donors (Lipinski definition) is 1. The van der Waals surface area contributed by atoms with Crippen LogP contribution in [0.1, 0.15) is 44.3 Å². The molecular weight excluding hydrogens is 238 g/mol. The number of aliphatic hydroxyl groups excluding tert-OH is 1. The first-order valence-corrected chi connectivity index (χ1v) is 7.46. The molecule has 0 bridgehead atoms. The first-order valence-electron chi connectivity index (χ1n) is 7.46. The van der Waals surface area contributed by atoms with Crippen LogP contribution in [0.25, 0.3) is 0 Å². The summed E-state index contributed by atoms with van der Waals surface area (Å²) in [6.07, 6.45) is 4.43. The zero-order valence-electron chi connectivity index (χ0n) is 11.6. The first kappa shape index (κ1) is 12.9. The van der Waals surface area contributed by atoms with E-state index >= 15 is 0 Å². The number of anilines is 1. The third-order valence-electron chi connectivity index (χ3n) is 4.47. The van der Waals surface area contributed by atoms with Crippen LogP contribution in [0.2, 0.25) is 0 Å². The normalized spacial score (nSPS) is 28.2. The predicted molar refractivity (Wildman–Crippen MR) is 76.4 cm³/mol. The van der Waals surface area contributed by atoms with Crippen LogP contribution >= 0.6 is 0 Å². The molecule has 1 aromatic rings. The summed E-state index contributed by atoms with van der Waals surface area (Å²) in [6.45, 7) is 3.77. The first-order chi connectivity index (χ1) is 9.31. The molecule has 104 valence electrons. The van der Waals surface area contributed by atoms with Gasteiger partial charge in [-0.1, -0.05) is 25.1 Å². The molecule has 1 N–H and O–H groups in total. The molecule has 3 nitrogen and oxygen atoms in total. The highest BCUT2D eigenvalue weighted by atomic mass is 16.5. The van der Waals surface area contributed by atoms with E-state index in [0.29, 0.717) is 12.1 Å². The summed E-state index contributed by atoms with van der Waals surface area (Å²) in [5.74, 6) is 0. The van der Waals surface area contributed by atoms with Crippen LogP contribution in [0.15, 0.2) is 24.3 Å². The second kappa shape index (κ2) is 5.51. The third kappa shape index (κ3) is 2.37. The predicted octanol–water partition coefficient (Wildman–Crippen LogP) is 2.89. The molecule has 1 aliphatic carbocycles. The highest BCUT2D eigenvalue weighted by Gasteiger charge is 2.37. The van der Waals surface area contributed by atoms with E-state index in [9.17, 15) is 5.11 Å². The lowest BCUT2D eigenvalue weighted by atomic mass is 10.0. The third-order valence-corrected chi connectivity index (χ3v) is 4.47. The minimum atomic E-state index is -0.362. The number of fused-ring (bicyclic) bond motifs is 1. The van der Waals surface area contributed by atoms with Gasteiger partial charge < -0.3 is 14.7 Å².